The molecule has 2 heterocycles. The van der Waals surface area contributed by atoms with Crippen molar-refractivity contribution in [2.75, 3.05) is 12.4 Å². The molecule has 3 aromatic rings. The average molecular weight is 698 g/mol. The summed E-state index contributed by atoms with van der Waals surface area (Å²) in [6.45, 7) is 8.17. The van der Waals surface area contributed by atoms with Gasteiger partial charge in [0.2, 0.25) is 5.91 Å². The van der Waals surface area contributed by atoms with Crippen molar-refractivity contribution in [2.45, 2.75) is 56.4 Å². The van der Waals surface area contributed by atoms with Crippen LogP contribution >= 0.6 is 11.8 Å². The van der Waals surface area contributed by atoms with Crippen LogP contribution in [0.15, 0.2) is 115 Å². The molecular formula is C38H39N3O8S. The van der Waals surface area contributed by atoms with Gasteiger partial charge < -0.3 is 24.8 Å². The number of hydrogen-bond acceptors (Lipinski definition) is 9. The highest BCUT2D eigenvalue weighted by atomic mass is 32.2. The van der Waals surface area contributed by atoms with Crippen LogP contribution in [0.5, 0.6) is 0 Å². The van der Waals surface area contributed by atoms with E-state index in [9.17, 15) is 24.0 Å². The monoisotopic (exact) mass is 697 g/mol. The summed E-state index contributed by atoms with van der Waals surface area (Å²) in [7, 11) is 0. The molecule has 1 saturated heterocycles. The molecule has 11 nitrogen and oxygen atoms in total. The van der Waals surface area contributed by atoms with E-state index in [4.69, 9.17) is 14.2 Å². The number of nitrogens with zero attached hydrogens (tertiary/aromatic N) is 1. The van der Waals surface area contributed by atoms with Crippen LogP contribution < -0.4 is 10.6 Å². The molecule has 0 radical (unpaired) electrons. The number of alkyl carbamates (subject to hydrolysis) is 1. The Bertz CT molecular complexity index is 1720. The quantitative estimate of drug-likeness (QED) is 0.155. The van der Waals surface area contributed by atoms with E-state index in [1.54, 1.807) is 20.8 Å². The van der Waals surface area contributed by atoms with Crippen molar-refractivity contribution >= 4 is 41.6 Å². The first-order chi connectivity index (χ1) is 23.9. The highest BCUT2D eigenvalue weighted by Gasteiger charge is 2.54. The van der Waals surface area contributed by atoms with Crippen LogP contribution in [0, 0.1) is 0 Å². The number of β-lactam (4-membered cyclic amide) rings is 1. The first kappa shape index (κ1) is 35.9. The van der Waals surface area contributed by atoms with Crippen LogP contribution in [-0.4, -0.2) is 70.2 Å². The number of fused-ring (bicyclic) bond motifs is 1. The van der Waals surface area contributed by atoms with Crippen molar-refractivity contribution in [1.82, 2.24) is 15.5 Å². The molecule has 3 atom stereocenters. The number of benzene rings is 3. The highest BCUT2D eigenvalue weighted by Crippen LogP contribution is 2.41. The number of nitrogens with one attached hydrogen (secondary N) is 2. The molecule has 3 aromatic carbocycles. The number of ether oxygens (including phenoxy) is 3. The number of carbonyl (C=O) groups is 5. The second-order valence-corrected chi connectivity index (χ2v) is 13.7. The van der Waals surface area contributed by atoms with Gasteiger partial charge in [-0.05, 0) is 43.0 Å². The lowest BCUT2D eigenvalue weighted by Gasteiger charge is -2.49. The third-order valence-corrected chi connectivity index (χ3v) is 9.06. The smallest absolute Gasteiger partial charge is 0.408 e. The van der Waals surface area contributed by atoms with Crippen molar-refractivity contribution in [1.29, 1.82) is 0 Å². The number of allylic oxidation sites excluding steroid dienone is 1. The average Bonchev–Trinajstić information content (AvgIpc) is 3.10. The molecule has 2 aliphatic heterocycles. The lowest BCUT2D eigenvalue weighted by molar-refractivity contribution is -0.157. The number of amides is 3. The molecule has 2 unspecified atom stereocenters. The zero-order valence-electron chi connectivity index (χ0n) is 28.0. The Labute approximate surface area is 295 Å². The first-order valence-corrected chi connectivity index (χ1v) is 17.1. The normalized spacial score (nSPS) is 17.5. The summed E-state index contributed by atoms with van der Waals surface area (Å²) in [6.07, 6.45) is -0.188. The molecule has 50 heavy (non-hydrogen) atoms. The maximum Gasteiger partial charge on any atom is 0.408 e. The Kier molecular flexibility index (Phi) is 11.4. The number of rotatable bonds is 12. The van der Waals surface area contributed by atoms with Crippen LogP contribution in [0.1, 0.15) is 43.6 Å². The zero-order chi connectivity index (χ0) is 35.8. The SMILES string of the molecule is C=CC1=C(C(=O)OCC(NC(=O)OC(C)(C)C)C(=O)OC(c2ccccc2)c2ccccc2)N2C(=O)C(NC(=O)Cc3ccccc3)[C@@H]2SC1. The zero-order valence-corrected chi connectivity index (χ0v) is 28.8. The summed E-state index contributed by atoms with van der Waals surface area (Å²) in [5.41, 5.74) is 1.70. The summed E-state index contributed by atoms with van der Waals surface area (Å²) in [5, 5.41) is 4.71. The van der Waals surface area contributed by atoms with Gasteiger partial charge in [0.25, 0.3) is 5.91 Å². The maximum absolute atomic E-state index is 13.7. The molecule has 0 aromatic heterocycles. The summed E-state index contributed by atoms with van der Waals surface area (Å²) in [6, 6.07) is 25.0. The van der Waals surface area contributed by atoms with Gasteiger partial charge in [0, 0.05) is 5.75 Å². The second-order valence-electron chi connectivity index (χ2n) is 12.6. The second kappa shape index (κ2) is 15.9. The van der Waals surface area contributed by atoms with E-state index in [1.807, 2.05) is 91.0 Å². The van der Waals surface area contributed by atoms with Gasteiger partial charge in [-0.15, -0.1) is 11.8 Å². The maximum atomic E-state index is 13.7. The Morgan fingerprint density at radius 1 is 0.940 bits per heavy atom. The van der Waals surface area contributed by atoms with E-state index in [0.29, 0.717) is 22.5 Å². The van der Waals surface area contributed by atoms with Gasteiger partial charge in [-0.2, -0.15) is 0 Å². The van der Waals surface area contributed by atoms with Crippen LogP contribution in [0.25, 0.3) is 0 Å². The van der Waals surface area contributed by atoms with Crippen molar-refractivity contribution in [3.05, 3.63) is 132 Å². The summed E-state index contributed by atoms with van der Waals surface area (Å²) < 4.78 is 16.9. The van der Waals surface area contributed by atoms with E-state index in [0.717, 1.165) is 5.56 Å². The summed E-state index contributed by atoms with van der Waals surface area (Å²) in [4.78, 5) is 67.6. The van der Waals surface area contributed by atoms with E-state index in [1.165, 1.54) is 22.7 Å². The van der Waals surface area contributed by atoms with Gasteiger partial charge in [-0.25, -0.2) is 14.4 Å². The molecule has 1 fully saturated rings. The molecular weight excluding hydrogens is 658 g/mol. The van der Waals surface area contributed by atoms with Gasteiger partial charge in [0.1, 0.15) is 29.3 Å². The van der Waals surface area contributed by atoms with Crippen LogP contribution in [-0.2, 0) is 39.8 Å². The predicted molar refractivity (Wildman–Crippen MR) is 187 cm³/mol. The van der Waals surface area contributed by atoms with E-state index >= 15 is 0 Å². The van der Waals surface area contributed by atoms with Gasteiger partial charge in [-0.3, -0.25) is 14.5 Å². The van der Waals surface area contributed by atoms with Gasteiger partial charge in [0.05, 0.1) is 6.42 Å². The number of carbonyl (C=O) groups excluding carboxylic acids is 5. The topological polar surface area (TPSA) is 140 Å². The number of hydrogen-bond donors (Lipinski definition) is 2. The van der Waals surface area contributed by atoms with Crippen LogP contribution in [0.4, 0.5) is 4.79 Å². The van der Waals surface area contributed by atoms with Gasteiger partial charge in [0.15, 0.2) is 12.1 Å². The molecule has 5 rings (SSSR count). The molecule has 0 spiro atoms. The molecule has 0 aliphatic carbocycles. The Balaban J connectivity index is 1.31. The molecule has 2 aliphatic rings. The third kappa shape index (κ3) is 8.80. The largest absolute Gasteiger partial charge is 0.458 e. The van der Waals surface area contributed by atoms with Gasteiger partial charge in [-0.1, -0.05) is 104 Å². The van der Waals surface area contributed by atoms with Crippen molar-refractivity contribution in [3.63, 3.8) is 0 Å². The Morgan fingerprint density at radius 3 is 2.08 bits per heavy atom. The molecule has 2 N–H and O–H groups in total. The fraction of sp³-hybridized carbons (Fsp3) is 0.289. The van der Waals surface area contributed by atoms with E-state index in [2.05, 4.69) is 17.2 Å². The molecule has 3 amide bonds. The van der Waals surface area contributed by atoms with Crippen molar-refractivity contribution < 1.29 is 38.2 Å². The molecule has 260 valence electrons. The van der Waals surface area contributed by atoms with Gasteiger partial charge >= 0.3 is 18.0 Å². The summed E-state index contributed by atoms with van der Waals surface area (Å²) >= 11 is 1.38. The molecule has 0 saturated carbocycles. The van der Waals surface area contributed by atoms with Crippen molar-refractivity contribution in [3.8, 4) is 0 Å². The van der Waals surface area contributed by atoms with Crippen molar-refractivity contribution in [2.24, 2.45) is 0 Å². The number of thioether (sulfide) groups is 1. The number of esters is 2. The Hall–Kier alpha value is -5.36. The highest BCUT2D eigenvalue weighted by molar-refractivity contribution is 8.00. The lowest BCUT2D eigenvalue weighted by Crippen LogP contribution is -2.70. The molecule has 0 bridgehead atoms. The third-order valence-electron chi connectivity index (χ3n) is 7.76. The first-order valence-electron chi connectivity index (χ1n) is 16.1. The minimum atomic E-state index is -1.47. The summed E-state index contributed by atoms with van der Waals surface area (Å²) in [5.74, 6) is -2.26. The lowest BCUT2D eigenvalue weighted by atomic mass is 10.0. The van der Waals surface area contributed by atoms with Crippen LogP contribution in [0.2, 0.25) is 0 Å². The van der Waals surface area contributed by atoms with Crippen LogP contribution in [0.3, 0.4) is 0 Å². The van der Waals surface area contributed by atoms with E-state index < -0.39 is 59.7 Å². The minimum absolute atomic E-state index is 0.0434. The predicted octanol–water partition coefficient (Wildman–Crippen LogP) is 4.84. The minimum Gasteiger partial charge on any atom is -0.458 e. The molecule has 12 heteroatoms. The Morgan fingerprint density at radius 2 is 1.52 bits per heavy atom. The van der Waals surface area contributed by atoms with E-state index in [-0.39, 0.29) is 18.0 Å². The fourth-order valence-corrected chi connectivity index (χ4v) is 6.76. The fourth-order valence-electron chi connectivity index (χ4n) is 5.42. The standard InChI is InChI=1S/C38H39N3O8S/c1-5-25-23-50-34-30(40-29(42)21-24-15-9-6-10-16-24)33(43)41(34)31(25)36(45)47-22-28(39-37(46)49-38(2,3)4)35(44)48-32(26-17-11-7-12-18-26)27-19-13-8-14-20-27/h5-20,28,30,32,34H,1,21-23H2,2-4H3,(H,39,46)(H,40,42)/t28?,30?,34-/m0/s1.